The van der Waals surface area contributed by atoms with Gasteiger partial charge in [-0.2, -0.15) is 13.3 Å². The van der Waals surface area contributed by atoms with Crippen molar-refractivity contribution in [1.82, 2.24) is 0 Å². The Bertz CT molecular complexity index is 21.2. The molecule has 0 bridgehead atoms. The smallest absolute Gasteiger partial charge is 0.346 e. The van der Waals surface area contributed by atoms with Gasteiger partial charge in [-0.15, -0.1) is 17.0 Å². The fraction of sp³-hybridized carbons (Fsp3) is 0.750. The van der Waals surface area contributed by atoms with Crippen molar-refractivity contribution >= 4 is 40.0 Å². The summed E-state index contributed by atoms with van der Waals surface area (Å²) in [7, 11) is 0. The van der Waals surface area contributed by atoms with Crippen LogP contribution in [0.15, 0.2) is 0 Å². The van der Waals surface area contributed by atoms with Gasteiger partial charge in [0.2, 0.25) is 0 Å². The van der Waals surface area contributed by atoms with Crippen LogP contribution in [0.3, 0.4) is 0 Å². The summed E-state index contributed by atoms with van der Waals surface area (Å²) in [5.41, 5.74) is 0. The first-order chi connectivity index (χ1) is 3.91. The van der Waals surface area contributed by atoms with Gasteiger partial charge in [-0.3, -0.25) is 0 Å². The van der Waals surface area contributed by atoms with Crippen molar-refractivity contribution in [1.29, 1.82) is 0 Å². The topological polar surface area (TPSA) is 0 Å². The van der Waals surface area contributed by atoms with Crippen LogP contribution >= 0.6 is 17.0 Å². The van der Waals surface area contributed by atoms with E-state index in [1.165, 1.54) is 19.3 Å². The average molecular weight is 219 g/mol. The van der Waals surface area contributed by atoms with Crippen LogP contribution in [0.25, 0.3) is 0 Å². The quantitative estimate of drug-likeness (QED) is 0.387. The molecule has 0 radical (unpaired) electrons. The Morgan fingerprint density at radius 2 is 1.50 bits per heavy atom. The molecule has 0 aromatic rings. The van der Waals surface area contributed by atoms with Gasteiger partial charge < -0.3 is 13.8 Å². The number of unbranched alkanes of at least 4 members (excludes halogenated alkanes) is 3. The van der Waals surface area contributed by atoms with Crippen LogP contribution in [-0.4, -0.2) is 23.1 Å². The summed E-state index contributed by atoms with van der Waals surface area (Å²) in [5, 5.41) is 0. The van der Waals surface area contributed by atoms with Crippen molar-refractivity contribution in [3.8, 4) is 0 Å². The Morgan fingerprint density at radius 1 is 1.10 bits per heavy atom. The van der Waals surface area contributed by atoms with E-state index in [2.05, 4.69) is 20.8 Å². The molecule has 0 nitrogen and oxygen atoms in total. The van der Waals surface area contributed by atoms with Crippen LogP contribution in [0, 0.1) is 13.8 Å². The van der Waals surface area contributed by atoms with Crippen LogP contribution < -0.4 is 0 Å². The molecular formula is C8H19BrMg. The van der Waals surface area contributed by atoms with Crippen molar-refractivity contribution < 1.29 is 0 Å². The summed E-state index contributed by atoms with van der Waals surface area (Å²) in [6.45, 7) is 10.9. The van der Waals surface area contributed by atoms with Crippen LogP contribution in [0.2, 0.25) is 0 Å². The molecule has 0 saturated heterocycles. The fourth-order valence-corrected chi connectivity index (χ4v) is 0.427. The number of hydrogen-bond donors (Lipinski definition) is 0. The third-order valence-corrected chi connectivity index (χ3v) is 0.854. The van der Waals surface area contributed by atoms with Gasteiger partial charge in [-0.1, -0.05) is 26.2 Å². The zero-order chi connectivity index (χ0) is 6.83. The molecular weight excluding hydrogens is 200 g/mol. The van der Waals surface area contributed by atoms with E-state index in [1.54, 1.807) is 6.92 Å². The van der Waals surface area contributed by atoms with Crippen molar-refractivity contribution in [3.05, 3.63) is 13.8 Å². The summed E-state index contributed by atoms with van der Waals surface area (Å²) < 4.78 is 0. The Labute approximate surface area is 93.1 Å². The molecule has 0 spiro atoms. The van der Waals surface area contributed by atoms with E-state index in [4.69, 9.17) is 0 Å². The van der Waals surface area contributed by atoms with E-state index in [1.807, 2.05) is 0 Å². The zero-order valence-corrected chi connectivity index (χ0v) is 10.5. The van der Waals surface area contributed by atoms with Crippen LogP contribution in [-0.2, 0) is 0 Å². The second-order valence-corrected chi connectivity index (χ2v) is 1.56. The van der Waals surface area contributed by atoms with E-state index in [-0.39, 0.29) is 40.0 Å². The zero-order valence-electron chi connectivity index (χ0n) is 7.36. The maximum Gasteiger partial charge on any atom is 2.00 e. The summed E-state index contributed by atoms with van der Waals surface area (Å²) in [4.78, 5) is 0. The van der Waals surface area contributed by atoms with Crippen molar-refractivity contribution in [2.75, 3.05) is 0 Å². The minimum absolute atomic E-state index is 0. The van der Waals surface area contributed by atoms with Gasteiger partial charge in [-0.05, 0) is 0 Å². The molecule has 0 aliphatic carbocycles. The summed E-state index contributed by atoms with van der Waals surface area (Å²) in [6, 6.07) is 0. The second kappa shape index (κ2) is 31.8. The molecule has 0 amide bonds. The first-order valence-electron chi connectivity index (χ1n) is 3.41. The Kier molecular flexibility index (Phi) is 71.6. The molecule has 0 heterocycles. The molecule has 0 rings (SSSR count). The number of rotatable bonds is 3. The van der Waals surface area contributed by atoms with E-state index >= 15 is 0 Å². The van der Waals surface area contributed by atoms with E-state index in [0.717, 1.165) is 6.42 Å². The van der Waals surface area contributed by atoms with Gasteiger partial charge >= 0.3 is 23.1 Å². The minimum atomic E-state index is 0. The van der Waals surface area contributed by atoms with Gasteiger partial charge in [0.05, 0.1) is 0 Å². The third kappa shape index (κ3) is 34.9. The largest absolute Gasteiger partial charge is 2.00 e. The van der Waals surface area contributed by atoms with Gasteiger partial charge in [-0.25, -0.2) is 0 Å². The fourth-order valence-electron chi connectivity index (χ4n) is 0.427. The first kappa shape index (κ1) is 22.5. The van der Waals surface area contributed by atoms with Crippen molar-refractivity contribution in [3.63, 3.8) is 0 Å². The molecule has 0 N–H and O–H groups in total. The molecule has 0 unspecified atom stereocenters. The number of hydrogen-bond acceptors (Lipinski definition) is 0. The minimum Gasteiger partial charge on any atom is -0.346 e. The predicted octanol–water partition coefficient (Wildman–Crippen LogP) is 3.44. The van der Waals surface area contributed by atoms with Gasteiger partial charge in [0.15, 0.2) is 0 Å². The molecule has 10 heavy (non-hydrogen) atoms. The second-order valence-electron chi connectivity index (χ2n) is 1.56. The molecule has 2 heteroatoms. The van der Waals surface area contributed by atoms with Crippen LogP contribution in [0.1, 0.15) is 39.5 Å². The molecule has 0 aromatic heterocycles. The van der Waals surface area contributed by atoms with Gasteiger partial charge in [0, 0.05) is 0 Å². The molecule has 0 aromatic carbocycles. The Balaban J connectivity index is -0.0000000412. The van der Waals surface area contributed by atoms with E-state index in [0.29, 0.717) is 0 Å². The third-order valence-electron chi connectivity index (χ3n) is 0.854. The average Bonchev–Trinajstić information content (AvgIpc) is 1.88. The van der Waals surface area contributed by atoms with Gasteiger partial charge in [0.25, 0.3) is 0 Å². The molecule has 0 aliphatic rings. The normalized spacial score (nSPS) is 6.00. The SMILES string of the molecule is Br.[CH2-]C.[CH2-]CCCCC.[Mg+2]. The summed E-state index contributed by atoms with van der Waals surface area (Å²) in [6.07, 6.45) is 5.07. The molecule has 0 aliphatic heterocycles. The van der Waals surface area contributed by atoms with E-state index in [9.17, 15) is 0 Å². The Morgan fingerprint density at radius 3 is 1.60 bits per heavy atom. The van der Waals surface area contributed by atoms with Crippen molar-refractivity contribution in [2.24, 2.45) is 0 Å². The molecule has 0 saturated carbocycles. The van der Waals surface area contributed by atoms with Crippen molar-refractivity contribution in [2.45, 2.75) is 39.5 Å². The molecule has 0 fully saturated rings. The monoisotopic (exact) mass is 218 g/mol. The standard InChI is InChI=1S/C6H13.C2H5.BrH.Mg/c1-3-5-6-4-2;1-2;;/h1,3-6H2,2H3;1H2,2H3;1H;/q2*-1;;+2. The number of halogens is 1. The van der Waals surface area contributed by atoms with Gasteiger partial charge in [0.1, 0.15) is 0 Å². The van der Waals surface area contributed by atoms with E-state index < -0.39 is 0 Å². The molecule has 0 atom stereocenters. The van der Waals surface area contributed by atoms with Crippen LogP contribution in [0.5, 0.6) is 0 Å². The van der Waals surface area contributed by atoms with Crippen LogP contribution in [0.4, 0.5) is 0 Å². The summed E-state index contributed by atoms with van der Waals surface area (Å²) in [5.74, 6) is 0. The first-order valence-corrected chi connectivity index (χ1v) is 3.41. The molecule has 60 valence electrons. The predicted molar refractivity (Wildman–Crippen MR) is 56.6 cm³/mol. The maximum absolute atomic E-state index is 3.72. The summed E-state index contributed by atoms with van der Waals surface area (Å²) >= 11 is 0. The maximum atomic E-state index is 3.72. The Hall–Kier alpha value is 1.25.